The molecule has 0 aromatic carbocycles. The Hall–Kier alpha value is -1.67. The number of hydrogen-bond acceptors (Lipinski definition) is 4. The Bertz CT molecular complexity index is 481. The van der Waals surface area contributed by atoms with Gasteiger partial charge in [-0.2, -0.15) is 5.26 Å². The SMILES string of the molecule is CCC(C#N)NC(=O)c1nc(C(C)C)ncc1Cl. The van der Waals surface area contributed by atoms with Crippen molar-refractivity contribution in [2.75, 3.05) is 0 Å². The van der Waals surface area contributed by atoms with Crippen LogP contribution in [0.3, 0.4) is 0 Å². The molecule has 0 saturated heterocycles. The standard InChI is InChI=1S/C12H15ClN4O/c1-4-8(5-14)16-12(18)10-9(13)6-15-11(17-10)7(2)3/h6-8H,4H2,1-3H3,(H,16,18). The molecule has 0 aliphatic heterocycles. The maximum atomic E-state index is 11.9. The largest absolute Gasteiger partial charge is 0.335 e. The van der Waals surface area contributed by atoms with E-state index in [0.29, 0.717) is 12.2 Å². The van der Waals surface area contributed by atoms with Gasteiger partial charge in [-0.1, -0.05) is 32.4 Å². The van der Waals surface area contributed by atoms with E-state index in [2.05, 4.69) is 15.3 Å². The molecule has 1 amide bonds. The molecule has 1 heterocycles. The average Bonchev–Trinajstić information content (AvgIpc) is 2.35. The van der Waals surface area contributed by atoms with Gasteiger partial charge in [0.15, 0.2) is 0 Å². The summed E-state index contributed by atoms with van der Waals surface area (Å²) in [7, 11) is 0. The van der Waals surface area contributed by atoms with Crippen LogP contribution < -0.4 is 5.32 Å². The second-order valence-electron chi connectivity index (χ2n) is 4.14. The molecule has 1 atom stereocenters. The van der Waals surface area contributed by atoms with Crippen LogP contribution in [0.25, 0.3) is 0 Å². The maximum absolute atomic E-state index is 11.9. The summed E-state index contributed by atoms with van der Waals surface area (Å²) in [5.41, 5.74) is 0.115. The number of hydrogen-bond donors (Lipinski definition) is 1. The molecular weight excluding hydrogens is 252 g/mol. The lowest BCUT2D eigenvalue weighted by atomic mass is 10.2. The lowest BCUT2D eigenvalue weighted by Crippen LogP contribution is -2.34. The van der Waals surface area contributed by atoms with Gasteiger partial charge in [-0.05, 0) is 6.42 Å². The monoisotopic (exact) mass is 266 g/mol. The van der Waals surface area contributed by atoms with E-state index in [4.69, 9.17) is 16.9 Å². The molecule has 0 spiro atoms. The number of aromatic nitrogens is 2. The summed E-state index contributed by atoms with van der Waals surface area (Å²) < 4.78 is 0. The topological polar surface area (TPSA) is 78.7 Å². The molecule has 1 rings (SSSR count). The zero-order valence-electron chi connectivity index (χ0n) is 10.6. The Balaban J connectivity index is 2.98. The van der Waals surface area contributed by atoms with E-state index in [1.807, 2.05) is 26.8 Å². The van der Waals surface area contributed by atoms with Crippen molar-refractivity contribution in [1.29, 1.82) is 5.26 Å². The van der Waals surface area contributed by atoms with Crippen LogP contribution in [0, 0.1) is 11.3 Å². The second kappa shape index (κ2) is 6.31. The van der Waals surface area contributed by atoms with E-state index >= 15 is 0 Å². The molecule has 1 aromatic rings. The fraction of sp³-hybridized carbons (Fsp3) is 0.500. The zero-order valence-corrected chi connectivity index (χ0v) is 11.3. The minimum atomic E-state index is -0.536. The summed E-state index contributed by atoms with van der Waals surface area (Å²) in [5, 5.41) is 11.6. The van der Waals surface area contributed by atoms with Gasteiger partial charge in [-0.25, -0.2) is 9.97 Å². The molecule has 18 heavy (non-hydrogen) atoms. The van der Waals surface area contributed by atoms with Crippen LogP contribution in [0.2, 0.25) is 5.02 Å². The molecule has 1 N–H and O–H groups in total. The summed E-state index contributed by atoms with van der Waals surface area (Å²) in [6, 6.07) is 1.45. The summed E-state index contributed by atoms with van der Waals surface area (Å²) in [4.78, 5) is 20.1. The van der Waals surface area contributed by atoms with Gasteiger partial charge in [0, 0.05) is 5.92 Å². The van der Waals surface area contributed by atoms with Crippen molar-refractivity contribution in [2.45, 2.75) is 39.2 Å². The quantitative estimate of drug-likeness (QED) is 0.907. The number of nitriles is 1. The summed E-state index contributed by atoms with van der Waals surface area (Å²) in [5.74, 6) is 0.207. The van der Waals surface area contributed by atoms with Gasteiger partial charge in [-0.3, -0.25) is 4.79 Å². The first-order valence-electron chi connectivity index (χ1n) is 5.72. The third kappa shape index (κ3) is 3.41. The first-order chi connectivity index (χ1) is 8.49. The predicted molar refractivity (Wildman–Crippen MR) is 68.3 cm³/mol. The van der Waals surface area contributed by atoms with Gasteiger partial charge in [0.05, 0.1) is 17.3 Å². The van der Waals surface area contributed by atoms with Crippen LogP contribution >= 0.6 is 11.6 Å². The first-order valence-corrected chi connectivity index (χ1v) is 6.10. The van der Waals surface area contributed by atoms with Gasteiger partial charge >= 0.3 is 0 Å². The van der Waals surface area contributed by atoms with Crippen molar-refractivity contribution in [3.8, 4) is 6.07 Å². The molecular formula is C12H15ClN4O. The molecule has 0 aliphatic rings. The molecule has 1 aromatic heterocycles. The first kappa shape index (κ1) is 14.4. The van der Waals surface area contributed by atoms with Crippen LogP contribution in [0.4, 0.5) is 0 Å². The molecule has 5 nitrogen and oxygen atoms in total. The summed E-state index contributed by atoms with van der Waals surface area (Å²) >= 11 is 5.90. The van der Waals surface area contributed by atoms with Gasteiger partial charge in [0.1, 0.15) is 17.6 Å². The van der Waals surface area contributed by atoms with Crippen LogP contribution in [0.15, 0.2) is 6.20 Å². The minimum Gasteiger partial charge on any atom is -0.335 e. The normalized spacial score (nSPS) is 12.0. The molecule has 0 radical (unpaired) electrons. The van der Waals surface area contributed by atoms with Gasteiger partial charge < -0.3 is 5.32 Å². The van der Waals surface area contributed by atoms with E-state index in [-0.39, 0.29) is 16.6 Å². The number of rotatable bonds is 4. The fourth-order valence-electron chi connectivity index (χ4n) is 1.27. The Kier molecular flexibility index (Phi) is 5.05. The zero-order chi connectivity index (χ0) is 13.7. The predicted octanol–water partition coefficient (Wildman–Crippen LogP) is 2.29. The highest BCUT2D eigenvalue weighted by atomic mass is 35.5. The van der Waals surface area contributed by atoms with E-state index in [1.165, 1.54) is 6.20 Å². The van der Waals surface area contributed by atoms with Gasteiger partial charge in [-0.15, -0.1) is 0 Å². The molecule has 96 valence electrons. The van der Waals surface area contributed by atoms with Crippen LogP contribution in [0.5, 0.6) is 0 Å². The van der Waals surface area contributed by atoms with Crippen LogP contribution in [-0.2, 0) is 0 Å². The van der Waals surface area contributed by atoms with Gasteiger partial charge in [0.25, 0.3) is 5.91 Å². The van der Waals surface area contributed by atoms with Crippen molar-refractivity contribution in [2.24, 2.45) is 0 Å². The highest BCUT2D eigenvalue weighted by Gasteiger charge is 2.17. The number of carbonyl (C=O) groups is 1. The summed E-state index contributed by atoms with van der Waals surface area (Å²) in [6.07, 6.45) is 1.94. The van der Waals surface area contributed by atoms with Crippen molar-refractivity contribution in [1.82, 2.24) is 15.3 Å². The molecule has 0 saturated carbocycles. The van der Waals surface area contributed by atoms with E-state index in [9.17, 15) is 4.79 Å². The smallest absolute Gasteiger partial charge is 0.272 e. The fourth-order valence-corrected chi connectivity index (χ4v) is 1.45. The number of amides is 1. The molecule has 6 heteroatoms. The van der Waals surface area contributed by atoms with E-state index < -0.39 is 11.9 Å². The molecule has 0 fully saturated rings. The highest BCUT2D eigenvalue weighted by molar-refractivity contribution is 6.33. The lowest BCUT2D eigenvalue weighted by Gasteiger charge is -2.11. The number of nitrogens with one attached hydrogen (secondary N) is 1. The van der Waals surface area contributed by atoms with Crippen LogP contribution in [0.1, 0.15) is 49.4 Å². The molecule has 0 aliphatic carbocycles. The lowest BCUT2D eigenvalue weighted by molar-refractivity contribution is 0.0939. The number of nitrogens with zero attached hydrogens (tertiary/aromatic N) is 3. The van der Waals surface area contributed by atoms with E-state index in [1.54, 1.807) is 0 Å². The van der Waals surface area contributed by atoms with Crippen molar-refractivity contribution in [3.63, 3.8) is 0 Å². The third-order valence-corrected chi connectivity index (χ3v) is 2.64. The maximum Gasteiger partial charge on any atom is 0.272 e. The van der Waals surface area contributed by atoms with Crippen molar-refractivity contribution < 1.29 is 4.79 Å². The highest BCUT2D eigenvalue weighted by Crippen LogP contribution is 2.16. The number of halogens is 1. The molecule has 1 unspecified atom stereocenters. The van der Waals surface area contributed by atoms with Gasteiger partial charge in [0.2, 0.25) is 0 Å². The average molecular weight is 267 g/mol. The minimum absolute atomic E-state index is 0.103. The number of carbonyl (C=O) groups excluding carboxylic acids is 1. The Morgan fingerprint density at radius 3 is 2.78 bits per heavy atom. The Morgan fingerprint density at radius 1 is 1.61 bits per heavy atom. The Morgan fingerprint density at radius 2 is 2.28 bits per heavy atom. The molecule has 0 bridgehead atoms. The third-order valence-electron chi connectivity index (χ3n) is 2.36. The Labute approximate surface area is 111 Å². The van der Waals surface area contributed by atoms with Crippen molar-refractivity contribution >= 4 is 17.5 Å². The van der Waals surface area contributed by atoms with Crippen LogP contribution in [-0.4, -0.2) is 21.9 Å². The van der Waals surface area contributed by atoms with Crippen molar-refractivity contribution in [3.05, 3.63) is 22.7 Å². The van der Waals surface area contributed by atoms with E-state index in [0.717, 1.165) is 0 Å². The summed E-state index contributed by atoms with van der Waals surface area (Å²) in [6.45, 7) is 5.67. The second-order valence-corrected chi connectivity index (χ2v) is 4.55.